The molecule has 0 radical (unpaired) electrons. The summed E-state index contributed by atoms with van der Waals surface area (Å²) >= 11 is 0. The molecule has 22 heavy (non-hydrogen) atoms. The molecule has 0 aromatic carbocycles. The number of allylic oxidation sites excluding steroid dienone is 9. The fraction of sp³-hybridized carbons (Fsp3) is 0.450. The van der Waals surface area contributed by atoms with Gasteiger partial charge in [0.25, 0.3) is 0 Å². The number of aliphatic hydroxyl groups excluding tert-OH is 1. The van der Waals surface area contributed by atoms with Crippen molar-refractivity contribution < 1.29 is 9.90 Å². The third-order valence-corrected chi connectivity index (χ3v) is 4.04. The molecule has 1 unspecified atom stereocenters. The van der Waals surface area contributed by atoms with Crippen LogP contribution in [0, 0.1) is 5.41 Å². The second kappa shape index (κ2) is 8.09. The van der Waals surface area contributed by atoms with Crippen LogP contribution in [-0.4, -0.2) is 17.5 Å². The lowest BCUT2D eigenvalue weighted by atomic mass is 9.71. The molecule has 0 aromatic heterocycles. The van der Waals surface area contributed by atoms with E-state index in [1.165, 1.54) is 11.1 Å². The molecule has 0 saturated carbocycles. The highest BCUT2D eigenvalue weighted by molar-refractivity contribution is 5.66. The number of hydrogen-bond acceptors (Lipinski definition) is 2. The summed E-state index contributed by atoms with van der Waals surface area (Å²) in [4.78, 5) is 10.3. The Labute approximate surface area is 134 Å². The molecule has 1 rings (SSSR count). The van der Waals surface area contributed by atoms with Gasteiger partial charge < -0.3 is 5.11 Å². The fourth-order valence-electron chi connectivity index (χ4n) is 2.96. The Balaban J connectivity index is 2.84. The highest BCUT2D eigenvalue weighted by Crippen LogP contribution is 2.40. The quantitative estimate of drug-likeness (QED) is 0.454. The Kier molecular flexibility index (Phi) is 6.76. The van der Waals surface area contributed by atoms with E-state index in [0.717, 1.165) is 30.3 Å². The Morgan fingerprint density at radius 3 is 2.41 bits per heavy atom. The third-order valence-electron chi connectivity index (χ3n) is 4.04. The summed E-state index contributed by atoms with van der Waals surface area (Å²) in [7, 11) is 0. The molecule has 1 N–H and O–H groups in total. The molecule has 1 aliphatic carbocycles. The van der Waals surface area contributed by atoms with Crippen LogP contribution in [-0.2, 0) is 4.79 Å². The van der Waals surface area contributed by atoms with Crippen LogP contribution in [0.1, 0.15) is 47.5 Å². The van der Waals surface area contributed by atoms with Crippen LogP contribution in [0.4, 0.5) is 0 Å². The Hall–Kier alpha value is -1.67. The van der Waals surface area contributed by atoms with Gasteiger partial charge in [0.1, 0.15) is 6.29 Å². The zero-order valence-corrected chi connectivity index (χ0v) is 14.4. The number of rotatable bonds is 5. The van der Waals surface area contributed by atoms with E-state index in [4.69, 9.17) is 0 Å². The SMILES string of the molecule is CC1=C(/C=C/C(C)=C/C=C/C(C)=C/C=O)C(C)(C)CC(O)C1. The summed E-state index contributed by atoms with van der Waals surface area (Å²) in [5, 5.41) is 9.91. The van der Waals surface area contributed by atoms with E-state index in [0.29, 0.717) is 0 Å². The van der Waals surface area contributed by atoms with Crippen molar-refractivity contribution in [1.82, 2.24) is 0 Å². The van der Waals surface area contributed by atoms with E-state index in [9.17, 15) is 9.90 Å². The molecule has 0 fully saturated rings. The standard InChI is InChI=1S/C20H28O2/c1-15(7-6-8-16(2)11-12-21)9-10-19-17(3)13-18(22)14-20(19,4)5/h6-12,18,22H,13-14H2,1-5H3/b8-6+,10-9+,15-7+,16-11+. The van der Waals surface area contributed by atoms with E-state index in [1.807, 2.05) is 25.2 Å². The number of aldehydes is 1. The van der Waals surface area contributed by atoms with Crippen molar-refractivity contribution in [2.45, 2.75) is 53.6 Å². The van der Waals surface area contributed by atoms with Crippen molar-refractivity contribution in [1.29, 1.82) is 0 Å². The molecule has 120 valence electrons. The predicted octanol–water partition coefficient (Wildman–Crippen LogP) is 4.69. The first-order chi connectivity index (χ1) is 10.3. The van der Waals surface area contributed by atoms with E-state index >= 15 is 0 Å². The molecule has 0 spiro atoms. The predicted molar refractivity (Wildman–Crippen MR) is 93.6 cm³/mol. The largest absolute Gasteiger partial charge is 0.393 e. The van der Waals surface area contributed by atoms with Crippen LogP contribution in [0.2, 0.25) is 0 Å². The first kappa shape index (κ1) is 18.4. The van der Waals surface area contributed by atoms with E-state index in [2.05, 4.69) is 39.8 Å². The molecule has 0 aromatic rings. The average molecular weight is 300 g/mol. The monoisotopic (exact) mass is 300 g/mol. The Morgan fingerprint density at radius 1 is 1.18 bits per heavy atom. The molecule has 0 heterocycles. The van der Waals surface area contributed by atoms with Crippen molar-refractivity contribution in [3.63, 3.8) is 0 Å². The first-order valence-corrected chi connectivity index (χ1v) is 7.79. The lowest BCUT2D eigenvalue weighted by molar-refractivity contribution is -0.104. The van der Waals surface area contributed by atoms with Crippen LogP contribution in [0.3, 0.4) is 0 Å². The van der Waals surface area contributed by atoms with Crippen molar-refractivity contribution in [3.05, 3.63) is 58.7 Å². The summed E-state index contributed by atoms with van der Waals surface area (Å²) in [6, 6.07) is 0. The van der Waals surface area contributed by atoms with Crippen LogP contribution in [0.5, 0.6) is 0 Å². The fourth-order valence-corrected chi connectivity index (χ4v) is 2.96. The molecule has 0 aliphatic heterocycles. The summed E-state index contributed by atoms with van der Waals surface area (Å²) in [6.45, 7) is 10.4. The summed E-state index contributed by atoms with van der Waals surface area (Å²) < 4.78 is 0. The van der Waals surface area contributed by atoms with Crippen molar-refractivity contribution >= 4 is 6.29 Å². The lowest BCUT2D eigenvalue weighted by Crippen LogP contribution is -2.28. The normalized spacial score (nSPS) is 23.6. The van der Waals surface area contributed by atoms with E-state index < -0.39 is 0 Å². The molecular formula is C20H28O2. The van der Waals surface area contributed by atoms with Gasteiger partial charge in [0.05, 0.1) is 6.10 Å². The molecule has 2 nitrogen and oxygen atoms in total. The Bertz CT molecular complexity index is 554. The van der Waals surface area contributed by atoms with Gasteiger partial charge in [0.15, 0.2) is 0 Å². The maximum atomic E-state index is 10.3. The van der Waals surface area contributed by atoms with Gasteiger partial charge in [0, 0.05) is 0 Å². The van der Waals surface area contributed by atoms with Crippen LogP contribution >= 0.6 is 0 Å². The van der Waals surface area contributed by atoms with Gasteiger partial charge in [-0.3, -0.25) is 4.79 Å². The van der Waals surface area contributed by atoms with Gasteiger partial charge in [-0.15, -0.1) is 0 Å². The van der Waals surface area contributed by atoms with Gasteiger partial charge in [-0.1, -0.05) is 55.4 Å². The second-order valence-corrected chi connectivity index (χ2v) is 6.79. The zero-order valence-electron chi connectivity index (χ0n) is 14.4. The maximum Gasteiger partial charge on any atom is 0.143 e. The van der Waals surface area contributed by atoms with Gasteiger partial charge in [-0.2, -0.15) is 0 Å². The average Bonchev–Trinajstić information content (AvgIpc) is 2.36. The highest BCUT2D eigenvalue weighted by Gasteiger charge is 2.31. The molecule has 0 saturated heterocycles. The molecule has 0 amide bonds. The van der Waals surface area contributed by atoms with Crippen molar-refractivity contribution in [2.24, 2.45) is 5.41 Å². The van der Waals surface area contributed by atoms with Crippen molar-refractivity contribution in [2.75, 3.05) is 0 Å². The highest BCUT2D eigenvalue weighted by atomic mass is 16.3. The topological polar surface area (TPSA) is 37.3 Å². The zero-order chi connectivity index (χ0) is 16.8. The van der Waals surface area contributed by atoms with Gasteiger partial charge >= 0.3 is 0 Å². The van der Waals surface area contributed by atoms with Crippen LogP contribution in [0.15, 0.2) is 58.7 Å². The minimum Gasteiger partial charge on any atom is -0.393 e. The molecule has 1 atom stereocenters. The number of carbonyl (C=O) groups is 1. The van der Waals surface area contributed by atoms with Crippen LogP contribution in [0.25, 0.3) is 0 Å². The molecule has 0 bridgehead atoms. The van der Waals surface area contributed by atoms with Gasteiger partial charge in [0.2, 0.25) is 0 Å². The number of aliphatic hydroxyl groups is 1. The molecule has 1 aliphatic rings. The second-order valence-electron chi connectivity index (χ2n) is 6.79. The molecule has 2 heteroatoms. The summed E-state index contributed by atoms with van der Waals surface area (Å²) in [5.74, 6) is 0. The minimum atomic E-state index is -0.223. The van der Waals surface area contributed by atoms with Crippen molar-refractivity contribution in [3.8, 4) is 0 Å². The third kappa shape index (κ3) is 5.61. The summed E-state index contributed by atoms with van der Waals surface area (Å²) in [6.07, 6.45) is 13.9. The smallest absolute Gasteiger partial charge is 0.143 e. The number of hydrogen-bond donors (Lipinski definition) is 1. The molecular weight excluding hydrogens is 272 g/mol. The minimum absolute atomic E-state index is 0.0116. The first-order valence-electron chi connectivity index (χ1n) is 7.79. The van der Waals surface area contributed by atoms with E-state index in [-0.39, 0.29) is 11.5 Å². The summed E-state index contributed by atoms with van der Waals surface area (Å²) in [5.41, 5.74) is 4.69. The van der Waals surface area contributed by atoms with Gasteiger partial charge in [-0.25, -0.2) is 0 Å². The Morgan fingerprint density at radius 2 is 1.82 bits per heavy atom. The number of carbonyl (C=O) groups excluding carboxylic acids is 1. The van der Waals surface area contributed by atoms with Crippen LogP contribution < -0.4 is 0 Å². The maximum absolute atomic E-state index is 10.3. The lowest BCUT2D eigenvalue weighted by Gasteiger charge is -2.35. The van der Waals surface area contributed by atoms with Gasteiger partial charge in [-0.05, 0) is 56.3 Å². The van der Waals surface area contributed by atoms with E-state index in [1.54, 1.807) is 6.08 Å².